The first-order valence-corrected chi connectivity index (χ1v) is 5.50. The molecular formula is C14H9F3O3. The molecule has 0 aliphatic carbocycles. The number of carboxylic acids is 1. The van der Waals surface area contributed by atoms with Gasteiger partial charge >= 0.3 is 5.97 Å². The number of aromatic carboxylic acids is 1. The van der Waals surface area contributed by atoms with Crippen LogP contribution in [-0.4, -0.2) is 18.2 Å². The highest BCUT2D eigenvalue weighted by Gasteiger charge is 2.18. The quantitative estimate of drug-likeness (QED) is 0.937. The molecule has 0 aliphatic rings. The second-order valence-electron chi connectivity index (χ2n) is 3.96. The zero-order chi connectivity index (χ0) is 14.9. The van der Waals surface area contributed by atoms with E-state index in [1.165, 1.54) is 19.2 Å². The fraction of sp³-hybridized carbons (Fsp3) is 0.0714. The molecule has 3 nitrogen and oxygen atoms in total. The average Bonchev–Trinajstić information content (AvgIpc) is 2.37. The average molecular weight is 282 g/mol. The van der Waals surface area contributed by atoms with Crippen molar-refractivity contribution in [2.24, 2.45) is 0 Å². The molecule has 6 heteroatoms. The Bertz CT molecular complexity index is 660. The van der Waals surface area contributed by atoms with E-state index in [2.05, 4.69) is 0 Å². The summed E-state index contributed by atoms with van der Waals surface area (Å²) in [7, 11) is 1.24. The Hall–Kier alpha value is -2.50. The van der Waals surface area contributed by atoms with Gasteiger partial charge in [-0.1, -0.05) is 0 Å². The van der Waals surface area contributed by atoms with Gasteiger partial charge in [0.1, 0.15) is 23.2 Å². The van der Waals surface area contributed by atoms with Gasteiger partial charge in [0, 0.05) is 17.7 Å². The monoisotopic (exact) mass is 282 g/mol. The Morgan fingerprint density at radius 1 is 1.10 bits per heavy atom. The molecule has 0 spiro atoms. The number of hydrogen-bond acceptors (Lipinski definition) is 2. The second-order valence-corrected chi connectivity index (χ2v) is 3.96. The number of carboxylic acid groups (broad SMARTS) is 1. The first kappa shape index (κ1) is 13.9. The first-order valence-electron chi connectivity index (χ1n) is 5.50. The van der Waals surface area contributed by atoms with Crippen molar-refractivity contribution in [3.63, 3.8) is 0 Å². The molecule has 0 amide bonds. The Balaban J connectivity index is 2.67. The van der Waals surface area contributed by atoms with Gasteiger partial charge in [-0.2, -0.15) is 0 Å². The molecule has 2 aromatic carbocycles. The largest absolute Gasteiger partial charge is 0.496 e. The number of carbonyl (C=O) groups is 1. The molecule has 104 valence electrons. The molecule has 0 aliphatic heterocycles. The SMILES string of the molecule is COc1cc(C(=O)O)ccc1-c1c(F)cc(F)cc1F. The number of halogens is 3. The van der Waals surface area contributed by atoms with Crippen molar-refractivity contribution in [3.8, 4) is 16.9 Å². The molecule has 0 heterocycles. The van der Waals surface area contributed by atoms with Crippen molar-refractivity contribution in [2.45, 2.75) is 0 Å². The molecule has 0 atom stereocenters. The molecule has 0 bridgehead atoms. The van der Waals surface area contributed by atoms with Crippen LogP contribution in [0.25, 0.3) is 11.1 Å². The maximum absolute atomic E-state index is 13.7. The van der Waals surface area contributed by atoms with Gasteiger partial charge in [0.2, 0.25) is 0 Å². The van der Waals surface area contributed by atoms with Gasteiger partial charge in [0.15, 0.2) is 0 Å². The van der Waals surface area contributed by atoms with Crippen molar-refractivity contribution >= 4 is 5.97 Å². The predicted octanol–water partition coefficient (Wildman–Crippen LogP) is 3.48. The van der Waals surface area contributed by atoms with Crippen molar-refractivity contribution in [1.29, 1.82) is 0 Å². The lowest BCUT2D eigenvalue weighted by atomic mass is 10.0. The predicted molar refractivity (Wildman–Crippen MR) is 65.3 cm³/mol. The third kappa shape index (κ3) is 2.45. The van der Waals surface area contributed by atoms with Crippen molar-refractivity contribution < 1.29 is 27.8 Å². The second kappa shape index (κ2) is 5.24. The van der Waals surface area contributed by atoms with E-state index in [1.807, 2.05) is 0 Å². The third-order valence-corrected chi connectivity index (χ3v) is 2.72. The Kier molecular flexibility index (Phi) is 3.65. The molecule has 0 aromatic heterocycles. The van der Waals surface area contributed by atoms with Crippen LogP contribution in [0, 0.1) is 17.5 Å². The summed E-state index contributed by atoms with van der Waals surface area (Å²) < 4.78 is 45.3. The van der Waals surface area contributed by atoms with Crippen LogP contribution < -0.4 is 4.74 Å². The topological polar surface area (TPSA) is 46.5 Å². The number of rotatable bonds is 3. The van der Waals surface area contributed by atoms with E-state index in [4.69, 9.17) is 9.84 Å². The number of hydrogen-bond donors (Lipinski definition) is 1. The molecule has 2 rings (SSSR count). The van der Waals surface area contributed by atoms with Gasteiger partial charge in [-0.05, 0) is 18.2 Å². The van der Waals surface area contributed by atoms with E-state index in [9.17, 15) is 18.0 Å². The molecule has 0 saturated carbocycles. The van der Waals surface area contributed by atoms with Crippen LogP contribution in [0.1, 0.15) is 10.4 Å². The lowest BCUT2D eigenvalue weighted by Crippen LogP contribution is -2.00. The minimum Gasteiger partial charge on any atom is -0.496 e. The van der Waals surface area contributed by atoms with Crippen LogP contribution >= 0.6 is 0 Å². The van der Waals surface area contributed by atoms with Crippen molar-refractivity contribution in [3.05, 3.63) is 53.3 Å². The van der Waals surface area contributed by atoms with E-state index in [0.717, 1.165) is 6.07 Å². The molecule has 0 saturated heterocycles. The highest BCUT2D eigenvalue weighted by Crippen LogP contribution is 2.34. The number of benzene rings is 2. The van der Waals surface area contributed by atoms with Crippen LogP contribution in [0.2, 0.25) is 0 Å². The summed E-state index contributed by atoms with van der Waals surface area (Å²) in [5.74, 6) is -4.44. The number of methoxy groups -OCH3 is 1. The lowest BCUT2D eigenvalue weighted by molar-refractivity contribution is 0.0696. The molecule has 0 fully saturated rings. The van der Waals surface area contributed by atoms with E-state index in [0.29, 0.717) is 12.1 Å². The van der Waals surface area contributed by atoms with Gasteiger partial charge < -0.3 is 9.84 Å². The highest BCUT2D eigenvalue weighted by atomic mass is 19.1. The lowest BCUT2D eigenvalue weighted by Gasteiger charge is -2.11. The Morgan fingerprint density at radius 2 is 1.70 bits per heavy atom. The normalized spacial score (nSPS) is 10.4. The molecule has 0 radical (unpaired) electrons. The van der Waals surface area contributed by atoms with Crippen LogP contribution in [0.4, 0.5) is 13.2 Å². The summed E-state index contributed by atoms with van der Waals surface area (Å²) in [5.41, 5.74) is -0.554. The number of ether oxygens (including phenoxy) is 1. The summed E-state index contributed by atoms with van der Waals surface area (Å²) in [5, 5.41) is 8.86. The first-order chi connectivity index (χ1) is 9.43. The summed E-state index contributed by atoms with van der Waals surface area (Å²) in [6, 6.07) is 4.62. The Labute approximate surface area is 112 Å². The minimum atomic E-state index is -1.20. The van der Waals surface area contributed by atoms with Gasteiger partial charge in [0.25, 0.3) is 0 Å². The van der Waals surface area contributed by atoms with Gasteiger partial charge in [0.05, 0.1) is 18.2 Å². The Morgan fingerprint density at radius 3 is 2.20 bits per heavy atom. The van der Waals surface area contributed by atoms with Crippen LogP contribution in [0.5, 0.6) is 5.75 Å². The zero-order valence-corrected chi connectivity index (χ0v) is 10.3. The third-order valence-electron chi connectivity index (χ3n) is 2.72. The zero-order valence-electron chi connectivity index (χ0n) is 10.3. The molecule has 20 heavy (non-hydrogen) atoms. The molecule has 2 aromatic rings. The standard InChI is InChI=1S/C14H9F3O3/c1-20-12-4-7(14(18)19)2-3-9(12)13-10(16)5-8(15)6-11(13)17/h2-6H,1H3,(H,18,19). The summed E-state index contributed by atoms with van der Waals surface area (Å²) in [4.78, 5) is 10.8. The van der Waals surface area contributed by atoms with E-state index >= 15 is 0 Å². The van der Waals surface area contributed by atoms with E-state index in [1.54, 1.807) is 0 Å². The van der Waals surface area contributed by atoms with Crippen molar-refractivity contribution in [1.82, 2.24) is 0 Å². The summed E-state index contributed by atoms with van der Waals surface area (Å²) in [6.45, 7) is 0. The van der Waals surface area contributed by atoms with Gasteiger partial charge in [-0.15, -0.1) is 0 Å². The van der Waals surface area contributed by atoms with Crippen molar-refractivity contribution in [2.75, 3.05) is 7.11 Å². The fourth-order valence-corrected chi connectivity index (χ4v) is 1.83. The highest BCUT2D eigenvalue weighted by molar-refractivity contribution is 5.89. The summed E-state index contributed by atoms with van der Waals surface area (Å²) >= 11 is 0. The maximum Gasteiger partial charge on any atom is 0.335 e. The van der Waals surface area contributed by atoms with E-state index in [-0.39, 0.29) is 16.9 Å². The minimum absolute atomic E-state index is 0.00694. The molecule has 1 N–H and O–H groups in total. The molecule has 0 unspecified atom stereocenters. The van der Waals surface area contributed by atoms with Gasteiger partial charge in [-0.25, -0.2) is 18.0 Å². The van der Waals surface area contributed by atoms with Crippen LogP contribution in [0.3, 0.4) is 0 Å². The molecular weight excluding hydrogens is 273 g/mol. The van der Waals surface area contributed by atoms with Crippen LogP contribution in [0.15, 0.2) is 30.3 Å². The van der Waals surface area contributed by atoms with E-state index < -0.39 is 29.0 Å². The fourth-order valence-electron chi connectivity index (χ4n) is 1.83. The van der Waals surface area contributed by atoms with Gasteiger partial charge in [-0.3, -0.25) is 0 Å². The summed E-state index contributed by atoms with van der Waals surface area (Å²) in [6.07, 6.45) is 0. The van der Waals surface area contributed by atoms with Crippen LogP contribution in [-0.2, 0) is 0 Å². The maximum atomic E-state index is 13.7. The smallest absolute Gasteiger partial charge is 0.335 e.